The molecule has 0 fully saturated rings. The number of halogens is 1. The van der Waals surface area contributed by atoms with E-state index in [9.17, 15) is 14.0 Å². The molecule has 2 heterocycles. The number of para-hydroxylation sites is 1. The first-order valence-electron chi connectivity index (χ1n) is 9.14. The number of amides is 1. The Morgan fingerprint density at radius 2 is 1.86 bits per heavy atom. The van der Waals surface area contributed by atoms with E-state index in [0.29, 0.717) is 16.7 Å². The highest BCUT2D eigenvalue weighted by molar-refractivity contribution is 5.91. The number of hydrogen-bond donors (Lipinski definition) is 1. The molecule has 0 spiro atoms. The smallest absolute Gasteiger partial charge is 0.280 e. The molecule has 1 N–H and O–H groups in total. The highest BCUT2D eigenvalue weighted by Crippen LogP contribution is 2.17. The number of aryl methyl sites for hydroxylation is 2. The molecule has 0 aliphatic carbocycles. The third-order valence-corrected chi connectivity index (χ3v) is 4.87. The van der Waals surface area contributed by atoms with Crippen LogP contribution in [0, 0.1) is 19.7 Å². The van der Waals surface area contributed by atoms with Gasteiger partial charge < -0.3 is 5.32 Å². The van der Waals surface area contributed by atoms with Crippen molar-refractivity contribution in [3.63, 3.8) is 0 Å². The monoisotopic (exact) mass is 390 g/mol. The van der Waals surface area contributed by atoms with Crippen LogP contribution in [0.2, 0.25) is 0 Å². The molecule has 1 amide bonds. The molecule has 0 unspecified atom stereocenters. The molecule has 6 nitrogen and oxygen atoms in total. The Kier molecular flexibility index (Phi) is 4.72. The van der Waals surface area contributed by atoms with E-state index in [0.717, 1.165) is 11.1 Å². The number of aromatic nitrogens is 3. The van der Waals surface area contributed by atoms with Crippen LogP contribution in [-0.4, -0.2) is 20.3 Å². The molecule has 2 aromatic heterocycles. The number of nitrogens with zero attached hydrogens (tertiary/aromatic N) is 3. The summed E-state index contributed by atoms with van der Waals surface area (Å²) in [5, 5.41) is 2.96. The van der Waals surface area contributed by atoms with Gasteiger partial charge >= 0.3 is 0 Å². The number of fused-ring (bicyclic) bond motifs is 1. The van der Waals surface area contributed by atoms with Gasteiger partial charge in [-0.1, -0.05) is 18.2 Å². The van der Waals surface area contributed by atoms with Gasteiger partial charge in [0.1, 0.15) is 12.4 Å². The van der Waals surface area contributed by atoms with Gasteiger partial charge in [0.25, 0.3) is 5.56 Å². The minimum absolute atomic E-state index is 0.0852. The number of nitrogens with one attached hydrogen (secondary N) is 1. The van der Waals surface area contributed by atoms with Crippen molar-refractivity contribution in [1.82, 2.24) is 14.3 Å². The van der Waals surface area contributed by atoms with E-state index in [2.05, 4.69) is 10.3 Å². The number of carbonyl (C=O) groups excluding carboxylic acids is 1. The molecule has 0 bridgehead atoms. The highest BCUT2D eigenvalue weighted by Gasteiger charge is 2.18. The minimum Gasteiger partial charge on any atom is -0.322 e. The van der Waals surface area contributed by atoms with Crippen molar-refractivity contribution >= 4 is 22.6 Å². The van der Waals surface area contributed by atoms with Crippen molar-refractivity contribution in [2.45, 2.75) is 20.4 Å². The molecule has 146 valence electrons. The zero-order valence-corrected chi connectivity index (χ0v) is 16.0. The quantitative estimate of drug-likeness (QED) is 0.579. The van der Waals surface area contributed by atoms with Gasteiger partial charge in [0, 0.05) is 6.20 Å². The van der Waals surface area contributed by atoms with Crippen molar-refractivity contribution in [3.05, 3.63) is 88.1 Å². The fourth-order valence-corrected chi connectivity index (χ4v) is 3.24. The zero-order chi connectivity index (χ0) is 20.5. The fourth-order valence-electron chi connectivity index (χ4n) is 3.24. The Morgan fingerprint density at radius 3 is 2.62 bits per heavy atom. The summed E-state index contributed by atoms with van der Waals surface area (Å²) in [5.74, 6) is -0.988. The Bertz CT molecular complexity index is 1290. The van der Waals surface area contributed by atoms with Crippen LogP contribution in [0.3, 0.4) is 0 Å². The van der Waals surface area contributed by atoms with Crippen molar-refractivity contribution in [2.24, 2.45) is 0 Å². The molecule has 29 heavy (non-hydrogen) atoms. The molecule has 0 atom stereocenters. The lowest BCUT2D eigenvalue weighted by Crippen LogP contribution is -2.27. The zero-order valence-electron chi connectivity index (χ0n) is 16.0. The normalized spacial score (nSPS) is 11.0. The maximum atomic E-state index is 13.9. The van der Waals surface area contributed by atoms with Crippen LogP contribution in [0.25, 0.3) is 16.7 Å². The molecular formula is C22H19FN4O2. The average molecular weight is 390 g/mol. The maximum Gasteiger partial charge on any atom is 0.280 e. The largest absolute Gasteiger partial charge is 0.322 e. The molecule has 0 saturated heterocycles. The van der Waals surface area contributed by atoms with Gasteiger partial charge in [-0.15, -0.1) is 0 Å². The summed E-state index contributed by atoms with van der Waals surface area (Å²) in [5.41, 5.74) is 2.96. The van der Waals surface area contributed by atoms with Crippen LogP contribution >= 0.6 is 0 Å². The van der Waals surface area contributed by atoms with Crippen LogP contribution in [0.1, 0.15) is 11.1 Å². The second-order valence-corrected chi connectivity index (χ2v) is 6.85. The van der Waals surface area contributed by atoms with Crippen LogP contribution in [0.5, 0.6) is 0 Å². The standard InChI is InChI=1S/C22H19FN4O2/c1-14-9-10-16(12-15(14)2)27-22(29)17-6-5-11-24-21(17)26(27)13-20(28)25-19-8-4-3-7-18(19)23/h3-12H,13H2,1-2H3,(H,25,28). The Morgan fingerprint density at radius 1 is 1.07 bits per heavy atom. The number of anilines is 1. The topological polar surface area (TPSA) is 68.9 Å². The van der Waals surface area contributed by atoms with Gasteiger partial charge in [0.05, 0.1) is 16.8 Å². The molecule has 7 heteroatoms. The van der Waals surface area contributed by atoms with E-state index >= 15 is 0 Å². The Hall–Kier alpha value is -3.74. The number of hydrogen-bond acceptors (Lipinski definition) is 3. The van der Waals surface area contributed by atoms with Gasteiger partial charge in [-0.3, -0.25) is 14.3 Å². The number of carbonyl (C=O) groups is 1. The van der Waals surface area contributed by atoms with Gasteiger partial charge in [-0.05, 0) is 61.4 Å². The minimum atomic E-state index is -0.525. The summed E-state index contributed by atoms with van der Waals surface area (Å²) >= 11 is 0. The maximum absolute atomic E-state index is 13.9. The van der Waals surface area contributed by atoms with Crippen LogP contribution in [0.15, 0.2) is 65.6 Å². The number of benzene rings is 2. The second kappa shape index (κ2) is 7.35. The van der Waals surface area contributed by atoms with Crippen LogP contribution < -0.4 is 10.9 Å². The van der Waals surface area contributed by atoms with Crippen molar-refractivity contribution in [1.29, 1.82) is 0 Å². The number of rotatable bonds is 4. The first-order valence-corrected chi connectivity index (χ1v) is 9.14. The van der Waals surface area contributed by atoms with Gasteiger partial charge in [-0.25, -0.2) is 14.1 Å². The Balaban J connectivity index is 1.80. The summed E-state index contributed by atoms with van der Waals surface area (Å²) < 4.78 is 16.8. The van der Waals surface area contributed by atoms with Crippen molar-refractivity contribution in [2.75, 3.05) is 5.32 Å². The number of pyridine rings is 1. The third kappa shape index (κ3) is 3.42. The molecule has 4 aromatic rings. The van der Waals surface area contributed by atoms with E-state index in [1.54, 1.807) is 30.5 Å². The molecular weight excluding hydrogens is 371 g/mol. The van der Waals surface area contributed by atoms with Gasteiger partial charge in [0.15, 0.2) is 5.65 Å². The second-order valence-electron chi connectivity index (χ2n) is 6.85. The SMILES string of the molecule is Cc1ccc(-n2c(=O)c3cccnc3n2CC(=O)Nc2ccccc2F)cc1C. The van der Waals surface area contributed by atoms with E-state index in [-0.39, 0.29) is 17.8 Å². The average Bonchev–Trinajstić information content (AvgIpc) is 2.98. The fraction of sp³-hybridized carbons (Fsp3) is 0.136. The molecule has 0 aliphatic heterocycles. The lowest BCUT2D eigenvalue weighted by atomic mass is 10.1. The van der Waals surface area contributed by atoms with Crippen molar-refractivity contribution < 1.29 is 9.18 Å². The first-order chi connectivity index (χ1) is 14.0. The molecule has 0 saturated carbocycles. The van der Waals surface area contributed by atoms with Crippen LogP contribution in [0.4, 0.5) is 10.1 Å². The Labute approximate surface area is 166 Å². The van der Waals surface area contributed by atoms with Gasteiger partial charge in [-0.2, -0.15) is 0 Å². The van der Waals surface area contributed by atoms with E-state index in [1.807, 2.05) is 32.0 Å². The summed E-state index contributed by atoms with van der Waals surface area (Å²) in [4.78, 5) is 30.0. The summed E-state index contributed by atoms with van der Waals surface area (Å²) in [7, 11) is 0. The molecule has 4 rings (SSSR count). The van der Waals surface area contributed by atoms with E-state index < -0.39 is 11.7 Å². The predicted molar refractivity (Wildman–Crippen MR) is 110 cm³/mol. The molecule has 0 radical (unpaired) electrons. The molecule has 2 aromatic carbocycles. The summed E-state index contributed by atoms with van der Waals surface area (Å²) in [6.45, 7) is 3.75. The first kappa shape index (κ1) is 18.6. The highest BCUT2D eigenvalue weighted by atomic mass is 19.1. The van der Waals surface area contributed by atoms with Crippen molar-refractivity contribution in [3.8, 4) is 5.69 Å². The van der Waals surface area contributed by atoms with Crippen LogP contribution in [-0.2, 0) is 11.3 Å². The lowest BCUT2D eigenvalue weighted by molar-refractivity contribution is -0.117. The lowest BCUT2D eigenvalue weighted by Gasteiger charge is -2.14. The predicted octanol–water partition coefficient (Wildman–Crippen LogP) is 3.58. The summed E-state index contributed by atoms with van der Waals surface area (Å²) in [6.07, 6.45) is 1.57. The van der Waals surface area contributed by atoms with E-state index in [1.165, 1.54) is 21.5 Å². The third-order valence-electron chi connectivity index (χ3n) is 4.87. The van der Waals surface area contributed by atoms with E-state index in [4.69, 9.17) is 0 Å². The summed E-state index contributed by atoms with van der Waals surface area (Å²) in [6, 6.07) is 14.9. The molecule has 0 aliphatic rings. The van der Waals surface area contributed by atoms with Gasteiger partial charge in [0.2, 0.25) is 5.91 Å².